The highest BCUT2D eigenvalue weighted by Crippen LogP contribution is 2.29. The second-order valence-electron chi connectivity index (χ2n) is 9.50. The molecule has 0 spiro atoms. The summed E-state index contributed by atoms with van der Waals surface area (Å²) in [5.74, 6) is 0.900. The predicted octanol–water partition coefficient (Wildman–Crippen LogP) is 2.86. The molecule has 1 aromatic carbocycles. The Morgan fingerprint density at radius 3 is 2.41 bits per heavy atom. The van der Waals surface area contributed by atoms with Crippen LogP contribution >= 0.6 is 0 Å². The largest absolute Gasteiger partial charge is 0.353 e. The van der Waals surface area contributed by atoms with Crippen LogP contribution in [0.25, 0.3) is 0 Å². The molecule has 32 heavy (non-hydrogen) atoms. The molecule has 1 aromatic rings. The predicted molar refractivity (Wildman–Crippen MR) is 125 cm³/mol. The van der Waals surface area contributed by atoms with E-state index in [1.54, 1.807) is 17.9 Å². The Morgan fingerprint density at radius 2 is 1.72 bits per heavy atom. The van der Waals surface area contributed by atoms with Gasteiger partial charge in [0.05, 0.1) is 4.90 Å². The summed E-state index contributed by atoms with van der Waals surface area (Å²) in [6.45, 7) is 9.32. The lowest BCUT2D eigenvalue weighted by molar-refractivity contribution is -0.134. The van der Waals surface area contributed by atoms with E-state index < -0.39 is 10.0 Å². The van der Waals surface area contributed by atoms with Gasteiger partial charge in [0.15, 0.2) is 0 Å². The van der Waals surface area contributed by atoms with Crippen molar-refractivity contribution in [3.8, 4) is 0 Å². The fourth-order valence-electron chi connectivity index (χ4n) is 4.75. The summed E-state index contributed by atoms with van der Waals surface area (Å²) in [7, 11) is -3.59. The second kappa shape index (κ2) is 10.3. The molecule has 8 heteroatoms. The molecule has 2 aliphatic rings. The molecule has 3 rings (SSSR count). The summed E-state index contributed by atoms with van der Waals surface area (Å²) in [4.78, 5) is 27.0. The monoisotopic (exact) mass is 463 g/mol. The van der Waals surface area contributed by atoms with Gasteiger partial charge >= 0.3 is 0 Å². The van der Waals surface area contributed by atoms with Gasteiger partial charge in [0, 0.05) is 45.1 Å². The Balaban J connectivity index is 1.48. The van der Waals surface area contributed by atoms with Gasteiger partial charge in [0.2, 0.25) is 21.8 Å². The van der Waals surface area contributed by atoms with Crippen molar-refractivity contribution in [2.75, 3.05) is 26.2 Å². The number of rotatable bonds is 6. The first-order valence-electron chi connectivity index (χ1n) is 11.7. The minimum absolute atomic E-state index is 0.0690. The normalized spacial score (nSPS) is 24.9. The van der Waals surface area contributed by atoms with Gasteiger partial charge in [-0.2, -0.15) is 4.31 Å². The standard InChI is InChI=1S/C24H37N3O4S/c1-17-8-9-19(3)22(16-17)32(30,31)27-14-12-26(13-15-27)24(29)11-10-23(28)25-21-7-5-6-18(2)20(21)4/h8-9,16,18,20-21H,5-7,10-15H2,1-4H3,(H,25,28). The van der Waals surface area contributed by atoms with Crippen LogP contribution in [-0.2, 0) is 19.6 Å². The summed E-state index contributed by atoms with van der Waals surface area (Å²) in [6.07, 6.45) is 3.67. The molecule has 0 bridgehead atoms. The molecule has 2 amide bonds. The smallest absolute Gasteiger partial charge is 0.243 e. The lowest BCUT2D eigenvalue weighted by Crippen LogP contribution is -2.50. The molecule has 1 heterocycles. The Bertz CT molecular complexity index is 939. The third kappa shape index (κ3) is 5.70. The van der Waals surface area contributed by atoms with Gasteiger partial charge in [-0.15, -0.1) is 0 Å². The highest BCUT2D eigenvalue weighted by atomic mass is 32.2. The number of piperazine rings is 1. The first-order chi connectivity index (χ1) is 15.1. The number of hydrogen-bond acceptors (Lipinski definition) is 4. The van der Waals surface area contributed by atoms with Crippen LogP contribution in [-0.4, -0.2) is 61.7 Å². The third-order valence-corrected chi connectivity index (χ3v) is 9.21. The second-order valence-corrected chi connectivity index (χ2v) is 11.4. The SMILES string of the molecule is Cc1ccc(C)c(S(=O)(=O)N2CCN(C(=O)CCC(=O)NC3CCCC(C)C3C)CC2)c1. The highest BCUT2D eigenvalue weighted by Gasteiger charge is 2.32. The number of aryl methyl sites for hydroxylation is 2. The maximum atomic E-state index is 13.1. The van der Waals surface area contributed by atoms with Crippen LogP contribution in [0.3, 0.4) is 0 Å². The molecule has 1 aliphatic carbocycles. The maximum absolute atomic E-state index is 13.1. The molecular weight excluding hydrogens is 426 g/mol. The molecule has 3 unspecified atom stereocenters. The van der Waals surface area contributed by atoms with Crippen molar-refractivity contribution in [3.63, 3.8) is 0 Å². The zero-order valence-electron chi connectivity index (χ0n) is 19.8. The van der Waals surface area contributed by atoms with Crippen LogP contribution in [0.1, 0.15) is 57.1 Å². The van der Waals surface area contributed by atoms with Crippen LogP contribution in [0.4, 0.5) is 0 Å². The van der Waals surface area contributed by atoms with E-state index >= 15 is 0 Å². The Hall–Kier alpha value is -1.93. The van der Waals surface area contributed by atoms with Crippen molar-refractivity contribution in [1.82, 2.24) is 14.5 Å². The van der Waals surface area contributed by atoms with E-state index in [1.165, 1.54) is 10.7 Å². The average molecular weight is 464 g/mol. The number of nitrogens with zero attached hydrogens (tertiary/aromatic N) is 2. The number of amides is 2. The van der Waals surface area contributed by atoms with E-state index in [9.17, 15) is 18.0 Å². The molecule has 1 aliphatic heterocycles. The van der Waals surface area contributed by atoms with Crippen LogP contribution < -0.4 is 5.32 Å². The van der Waals surface area contributed by atoms with Crippen molar-refractivity contribution < 1.29 is 18.0 Å². The Labute approximate surface area is 192 Å². The van der Waals surface area contributed by atoms with Crippen molar-refractivity contribution in [2.45, 2.75) is 70.7 Å². The van der Waals surface area contributed by atoms with Crippen LogP contribution in [0.5, 0.6) is 0 Å². The minimum atomic E-state index is -3.59. The lowest BCUT2D eigenvalue weighted by Gasteiger charge is -2.35. The molecule has 1 saturated carbocycles. The summed E-state index contributed by atoms with van der Waals surface area (Å²) in [5.41, 5.74) is 1.63. The average Bonchev–Trinajstić information content (AvgIpc) is 2.77. The summed E-state index contributed by atoms with van der Waals surface area (Å²) < 4.78 is 27.6. The van der Waals surface area contributed by atoms with Gasteiger partial charge in [0.25, 0.3) is 0 Å². The zero-order chi connectivity index (χ0) is 23.5. The van der Waals surface area contributed by atoms with E-state index in [4.69, 9.17) is 0 Å². The van der Waals surface area contributed by atoms with Gasteiger partial charge < -0.3 is 10.2 Å². The minimum Gasteiger partial charge on any atom is -0.353 e. The number of nitrogens with one attached hydrogen (secondary N) is 1. The van der Waals surface area contributed by atoms with Crippen LogP contribution in [0.15, 0.2) is 23.1 Å². The number of sulfonamides is 1. The highest BCUT2D eigenvalue weighted by molar-refractivity contribution is 7.89. The van der Waals surface area contributed by atoms with Crippen LogP contribution in [0, 0.1) is 25.7 Å². The van der Waals surface area contributed by atoms with E-state index in [2.05, 4.69) is 19.2 Å². The summed E-state index contributed by atoms with van der Waals surface area (Å²) in [6, 6.07) is 5.62. The van der Waals surface area contributed by atoms with E-state index in [1.807, 2.05) is 19.1 Å². The van der Waals surface area contributed by atoms with Crippen LogP contribution in [0.2, 0.25) is 0 Å². The van der Waals surface area contributed by atoms with Gasteiger partial charge in [-0.3, -0.25) is 9.59 Å². The number of carbonyl (C=O) groups is 2. The Kier molecular flexibility index (Phi) is 7.98. The molecule has 1 saturated heterocycles. The van der Waals surface area contributed by atoms with Crippen molar-refractivity contribution >= 4 is 21.8 Å². The summed E-state index contributed by atoms with van der Waals surface area (Å²) >= 11 is 0. The summed E-state index contributed by atoms with van der Waals surface area (Å²) in [5, 5.41) is 3.12. The third-order valence-electron chi connectivity index (χ3n) is 7.17. The molecule has 2 fully saturated rings. The molecule has 0 aromatic heterocycles. The van der Waals surface area contributed by atoms with Gasteiger partial charge in [-0.25, -0.2) is 8.42 Å². The molecule has 1 N–H and O–H groups in total. The fraction of sp³-hybridized carbons (Fsp3) is 0.667. The van der Waals surface area contributed by atoms with E-state index in [-0.39, 0.29) is 43.8 Å². The van der Waals surface area contributed by atoms with Crippen molar-refractivity contribution in [2.24, 2.45) is 11.8 Å². The van der Waals surface area contributed by atoms with Crippen molar-refractivity contribution in [3.05, 3.63) is 29.3 Å². The Morgan fingerprint density at radius 1 is 1.03 bits per heavy atom. The molecule has 3 atom stereocenters. The van der Waals surface area contributed by atoms with Crippen molar-refractivity contribution in [1.29, 1.82) is 0 Å². The number of benzene rings is 1. The lowest BCUT2D eigenvalue weighted by atomic mass is 9.78. The molecule has 178 valence electrons. The van der Waals surface area contributed by atoms with E-state index in [0.717, 1.165) is 24.0 Å². The first kappa shape index (κ1) is 24.7. The number of carbonyl (C=O) groups excluding carboxylic acids is 2. The first-order valence-corrected chi connectivity index (χ1v) is 13.2. The molecule has 0 radical (unpaired) electrons. The molecular formula is C24H37N3O4S. The van der Waals surface area contributed by atoms with Gasteiger partial charge in [0.1, 0.15) is 0 Å². The topological polar surface area (TPSA) is 86.8 Å². The fourth-order valence-corrected chi connectivity index (χ4v) is 6.48. The maximum Gasteiger partial charge on any atom is 0.243 e. The molecule has 7 nitrogen and oxygen atoms in total. The number of hydrogen-bond donors (Lipinski definition) is 1. The van der Waals surface area contributed by atoms with Gasteiger partial charge in [-0.05, 0) is 49.3 Å². The van der Waals surface area contributed by atoms with E-state index in [0.29, 0.717) is 29.8 Å². The van der Waals surface area contributed by atoms with Gasteiger partial charge in [-0.1, -0.05) is 38.8 Å². The quantitative estimate of drug-likeness (QED) is 0.703. The zero-order valence-corrected chi connectivity index (χ0v) is 20.6.